The highest BCUT2D eigenvalue weighted by molar-refractivity contribution is 6.03. The fourth-order valence-electron chi connectivity index (χ4n) is 8.32. The van der Waals surface area contributed by atoms with E-state index in [-0.39, 0.29) is 41.5 Å². The quantitative estimate of drug-likeness (QED) is 0.139. The Balaban J connectivity index is 1.17. The number of Topliss-reactive ketones (excluding diaryl/α,β-unsaturated/α-hetero) is 1. The van der Waals surface area contributed by atoms with Gasteiger partial charge in [0.1, 0.15) is 36.4 Å². The second kappa shape index (κ2) is 16.3. The van der Waals surface area contributed by atoms with Crippen molar-refractivity contribution in [2.24, 2.45) is 17.8 Å². The number of benzene rings is 5. The number of ether oxygens (including phenoxy) is 4. The van der Waals surface area contributed by atoms with E-state index in [0.29, 0.717) is 48.9 Å². The lowest BCUT2D eigenvalue weighted by Gasteiger charge is -2.45. The number of fused-ring (bicyclic) bond motifs is 1. The summed E-state index contributed by atoms with van der Waals surface area (Å²) in [5.74, 6) is 2.66. The molecule has 0 bridgehead atoms. The van der Waals surface area contributed by atoms with E-state index in [1.807, 2.05) is 110 Å². The van der Waals surface area contributed by atoms with E-state index >= 15 is 0 Å². The summed E-state index contributed by atoms with van der Waals surface area (Å²) in [6.07, 6.45) is 1.37. The van der Waals surface area contributed by atoms with Crippen LogP contribution in [0.4, 0.5) is 0 Å². The Morgan fingerprint density at radius 1 is 0.736 bits per heavy atom. The van der Waals surface area contributed by atoms with Gasteiger partial charge in [0.15, 0.2) is 17.3 Å². The normalized spacial score (nSPS) is 22.5. The van der Waals surface area contributed by atoms with Crippen molar-refractivity contribution in [3.63, 3.8) is 0 Å². The molecule has 0 saturated heterocycles. The predicted octanol–water partition coefficient (Wildman–Crippen LogP) is 10.9. The minimum Gasteiger partial charge on any atom is -0.507 e. The SMILES string of the molecule is CCC1CC(c2c(C)cc3c(c2O)C(=O)C[C@H](c2ccc(OCc4ccccc4)c(OCc4ccccc4)c2)O3)C(OCc2ccccc2)C(C)C1C. The van der Waals surface area contributed by atoms with Crippen LogP contribution in [0.3, 0.4) is 0 Å². The molecule has 0 radical (unpaired) electrons. The van der Waals surface area contributed by atoms with Crippen molar-refractivity contribution in [1.29, 1.82) is 0 Å². The third-order valence-electron chi connectivity index (χ3n) is 11.5. The lowest BCUT2D eigenvalue weighted by Crippen LogP contribution is -2.42. The monoisotopic (exact) mass is 710 g/mol. The van der Waals surface area contributed by atoms with Gasteiger partial charge in [-0.3, -0.25) is 4.79 Å². The Hall–Kier alpha value is -5.07. The molecule has 1 fully saturated rings. The van der Waals surface area contributed by atoms with Crippen LogP contribution in [0.2, 0.25) is 0 Å². The van der Waals surface area contributed by atoms with Gasteiger partial charge in [-0.05, 0) is 77.1 Å². The first kappa shape index (κ1) is 36.3. The molecule has 6 nitrogen and oxygen atoms in total. The van der Waals surface area contributed by atoms with Crippen LogP contribution in [0.25, 0.3) is 0 Å². The highest BCUT2D eigenvalue weighted by Gasteiger charge is 2.44. The predicted molar refractivity (Wildman–Crippen MR) is 208 cm³/mol. The largest absolute Gasteiger partial charge is 0.507 e. The van der Waals surface area contributed by atoms with Crippen molar-refractivity contribution in [3.8, 4) is 23.0 Å². The minimum absolute atomic E-state index is 0.0370. The van der Waals surface area contributed by atoms with Crippen LogP contribution < -0.4 is 14.2 Å². The van der Waals surface area contributed by atoms with E-state index in [4.69, 9.17) is 18.9 Å². The van der Waals surface area contributed by atoms with Gasteiger partial charge in [-0.15, -0.1) is 0 Å². The van der Waals surface area contributed by atoms with Crippen molar-refractivity contribution in [3.05, 3.63) is 154 Å². The molecule has 5 aromatic carbocycles. The van der Waals surface area contributed by atoms with Gasteiger partial charge in [0, 0.05) is 11.5 Å². The summed E-state index contributed by atoms with van der Waals surface area (Å²) >= 11 is 0. The van der Waals surface area contributed by atoms with Crippen molar-refractivity contribution < 1.29 is 28.8 Å². The van der Waals surface area contributed by atoms with Gasteiger partial charge in [0.05, 0.1) is 19.1 Å². The number of rotatable bonds is 12. The second-order valence-corrected chi connectivity index (χ2v) is 14.8. The molecule has 0 aromatic heterocycles. The van der Waals surface area contributed by atoms with Gasteiger partial charge in [0.25, 0.3) is 0 Å². The number of carbonyl (C=O) groups is 1. The summed E-state index contributed by atoms with van der Waals surface area (Å²) in [5, 5.41) is 12.0. The maximum absolute atomic E-state index is 14.1. The Morgan fingerprint density at radius 2 is 1.32 bits per heavy atom. The summed E-state index contributed by atoms with van der Waals surface area (Å²) in [6, 6.07) is 37.9. The summed E-state index contributed by atoms with van der Waals surface area (Å²) < 4.78 is 25.9. The number of aromatic hydroxyl groups is 1. The number of carbonyl (C=O) groups excluding carboxylic acids is 1. The molecule has 6 atom stereocenters. The van der Waals surface area contributed by atoms with E-state index in [1.54, 1.807) is 0 Å². The van der Waals surface area contributed by atoms with Gasteiger partial charge < -0.3 is 24.1 Å². The van der Waals surface area contributed by atoms with E-state index in [1.165, 1.54) is 0 Å². The number of phenols is 1. The highest BCUT2D eigenvalue weighted by atomic mass is 16.5. The van der Waals surface area contributed by atoms with Crippen LogP contribution in [0.1, 0.15) is 95.8 Å². The minimum atomic E-state index is -0.552. The third kappa shape index (κ3) is 7.98. The molecule has 5 unspecified atom stereocenters. The number of hydrogen-bond donors (Lipinski definition) is 1. The lowest BCUT2D eigenvalue weighted by molar-refractivity contribution is -0.0653. The summed E-state index contributed by atoms with van der Waals surface area (Å²) in [4.78, 5) is 14.1. The van der Waals surface area contributed by atoms with Gasteiger partial charge in [0.2, 0.25) is 0 Å². The first-order valence-corrected chi connectivity index (χ1v) is 19.0. The zero-order valence-corrected chi connectivity index (χ0v) is 31.2. The van der Waals surface area contributed by atoms with Gasteiger partial charge in [-0.2, -0.15) is 0 Å². The fourth-order valence-corrected chi connectivity index (χ4v) is 8.32. The molecule has 1 aliphatic carbocycles. The van der Waals surface area contributed by atoms with Crippen molar-refractivity contribution in [1.82, 2.24) is 0 Å². The van der Waals surface area contributed by atoms with Crippen LogP contribution in [0.15, 0.2) is 115 Å². The topological polar surface area (TPSA) is 74.2 Å². The summed E-state index contributed by atoms with van der Waals surface area (Å²) in [6.45, 7) is 10.1. The molecule has 0 amide bonds. The molecular weight excluding hydrogens is 661 g/mol. The zero-order chi connectivity index (χ0) is 36.9. The first-order valence-electron chi connectivity index (χ1n) is 19.0. The van der Waals surface area contributed by atoms with Crippen LogP contribution in [-0.2, 0) is 24.6 Å². The number of aryl methyl sites for hydroxylation is 1. The molecule has 0 spiro atoms. The van der Waals surface area contributed by atoms with Crippen molar-refractivity contribution in [2.75, 3.05) is 0 Å². The molecule has 7 rings (SSSR count). The van der Waals surface area contributed by atoms with Gasteiger partial charge >= 0.3 is 0 Å². The molecule has 2 aliphatic rings. The molecule has 53 heavy (non-hydrogen) atoms. The van der Waals surface area contributed by atoms with Crippen LogP contribution in [0, 0.1) is 24.7 Å². The number of phenolic OH excluding ortho intramolecular Hbond substituents is 1. The standard InChI is InChI=1S/C47H50O6/c1-5-36-24-38(47(32(4)31(36)3)52-29-35-19-13-8-14-20-35)44-30(2)23-43-45(46(44)49)39(48)26-41(53-43)37-21-22-40(50-27-33-15-9-6-10-16-33)42(25-37)51-28-34-17-11-7-12-18-34/h6-23,25,31-32,36,38,41,47,49H,5,24,26-29H2,1-4H3/t31?,32?,36?,38?,41-,47?/m1/s1. The van der Waals surface area contributed by atoms with Crippen LogP contribution in [-0.4, -0.2) is 17.0 Å². The number of ketones is 1. The molecule has 6 heteroatoms. The Kier molecular flexibility index (Phi) is 11.2. The zero-order valence-electron chi connectivity index (χ0n) is 31.2. The maximum Gasteiger partial charge on any atom is 0.174 e. The Bertz CT molecular complexity index is 1990. The third-order valence-corrected chi connectivity index (χ3v) is 11.5. The smallest absolute Gasteiger partial charge is 0.174 e. The maximum atomic E-state index is 14.1. The average Bonchev–Trinajstić information content (AvgIpc) is 3.18. The van der Waals surface area contributed by atoms with Crippen molar-refractivity contribution in [2.45, 2.75) is 84.9 Å². The number of hydrogen-bond acceptors (Lipinski definition) is 6. The van der Waals surface area contributed by atoms with E-state index < -0.39 is 6.10 Å². The van der Waals surface area contributed by atoms with E-state index in [0.717, 1.165) is 46.2 Å². The Morgan fingerprint density at radius 3 is 1.92 bits per heavy atom. The lowest BCUT2D eigenvalue weighted by atomic mass is 9.64. The highest BCUT2D eigenvalue weighted by Crippen LogP contribution is 2.52. The summed E-state index contributed by atoms with van der Waals surface area (Å²) in [5.41, 5.74) is 5.99. The Labute approximate surface area is 313 Å². The fraction of sp³-hybridized carbons (Fsp3) is 0.340. The molecule has 1 saturated carbocycles. The van der Waals surface area contributed by atoms with E-state index in [9.17, 15) is 9.90 Å². The molecule has 1 N–H and O–H groups in total. The van der Waals surface area contributed by atoms with Crippen LogP contribution >= 0.6 is 0 Å². The first-order chi connectivity index (χ1) is 25.8. The summed E-state index contributed by atoms with van der Waals surface area (Å²) in [7, 11) is 0. The van der Waals surface area contributed by atoms with Gasteiger partial charge in [-0.25, -0.2) is 0 Å². The molecular formula is C47H50O6. The molecule has 274 valence electrons. The molecule has 1 heterocycles. The molecule has 1 aliphatic heterocycles. The molecule has 5 aromatic rings. The van der Waals surface area contributed by atoms with E-state index in [2.05, 4.69) is 32.9 Å². The van der Waals surface area contributed by atoms with Gasteiger partial charge in [-0.1, -0.05) is 124 Å². The average molecular weight is 711 g/mol. The second-order valence-electron chi connectivity index (χ2n) is 14.8. The van der Waals surface area contributed by atoms with Crippen LogP contribution in [0.5, 0.6) is 23.0 Å². The van der Waals surface area contributed by atoms with Crippen molar-refractivity contribution >= 4 is 5.78 Å².